The van der Waals surface area contributed by atoms with Gasteiger partial charge in [0.25, 0.3) is 0 Å². The second kappa shape index (κ2) is 6.93. The fraction of sp³-hybridized carbons (Fsp3) is 0.647. The second-order valence-corrected chi connectivity index (χ2v) is 7.36. The second-order valence-electron chi connectivity index (χ2n) is 6.04. The third-order valence-electron chi connectivity index (χ3n) is 4.72. The molecule has 3 unspecified atom stereocenters. The number of benzene rings is 1. The molecule has 3 nitrogen and oxygen atoms in total. The molecule has 3 atom stereocenters. The van der Waals surface area contributed by atoms with Gasteiger partial charge in [-0.2, -0.15) is 0 Å². The third kappa shape index (κ3) is 3.49. The first-order chi connectivity index (χ1) is 10.3. The van der Waals surface area contributed by atoms with E-state index >= 15 is 0 Å². The van der Waals surface area contributed by atoms with E-state index in [0.717, 1.165) is 24.0 Å². The van der Waals surface area contributed by atoms with E-state index in [1.165, 1.54) is 30.6 Å². The zero-order chi connectivity index (χ0) is 14.7. The number of hydrogen-bond donors (Lipinski definition) is 1. The maximum absolute atomic E-state index is 5.99. The molecular formula is C17H25NO2S. The van der Waals surface area contributed by atoms with Crippen LogP contribution in [0.15, 0.2) is 23.1 Å². The van der Waals surface area contributed by atoms with Gasteiger partial charge in [-0.3, -0.25) is 0 Å². The summed E-state index contributed by atoms with van der Waals surface area (Å²) in [6, 6.07) is 6.32. The summed E-state index contributed by atoms with van der Waals surface area (Å²) in [5, 5.41) is 0.635. The van der Waals surface area contributed by atoms with Crippen molar-refractivity contribution < 1.29 is 9.47 Å². The first kappa shape index (κ1) is 15.0. The lowest BCUT2D eigenvalue weighted by molar-refractivity contribution is 0.171. The molecule has 0 spiro atoms. The van der Waals surface area contributed by atoms with Gasteiger partial charge in [-0.1, -0.05) is 19.8 Å². The number of nitrogens with two attached hydrogens (primary N) is 1. The van der Waals surface area contributed by atoms with Crippen LogP contribution < -0.4 is 15.2 Å². The lowest BCUT2D eigenvalue weighted by Gasteiger charge is -2.35. The Morgan fingerprint density at radius 1 is 1.19 bits per heavy atom. The van der Waals surface area contributed by atoms with Crippen molar-refractivity contribution in [2.24, 2.45) is 17.6 Å². The van der Waals surface area contributed by atoms with Crippen LogP contribution in [0.5, 0.6) is 11.5 Å². The molecule has 0 aromatic heterocycles. The van der Waals surface area contributed by atoms with E-state index in [4.69, 9.17) is 15.2 Å². The summed E-state index contributed by atoms with van der Waals surface area (Å²) in [4.78, 5) is 1.28. The first-order valence-corrected chi connectivity index (χ1v) is 8.94. The molecule has 116 valence electrons. The smallest absolute Gasteiger partial charge is 0.162 e. The molecule has 0 amide bonds. The summed E-state index contributed by atoms with van der Waals surface area (Å²) in [6.45, 7) is 4.40. The van der Waals surface area contributed by atoms with Gasteiger partial charge in [-0.25, -0.2) is 0 Å². The fourth-order valence-electron chi connectivity index (χ4n) is 3.33. The van der Waals surface area contributed by atoms with Gasteiger partial charge in [0.05, 0.1) is 0 Å². The van der Waals surface area contributed by atoms with E-state index in [9.17, 15) is 0 Å². The van der Waals surface area contributed by atoms with Crippen LogP contribution in [0.4, 0.5) is 0 Å². The topological polar surface area (TPSA) is 44.5 Å². The molecule has 1 aliphatic heterocycles. The van der Waals surface area contributed by atoms with Crippen molar-refractivity contribution in [3.63, 3.8) is 0 Å². The van der Waals surface area contributed by atoms with Crippen LogP contribution in [0, 0.1) is 11.8 Å². The van der Waals surface area contributed by atoms with Crippen LogP contribution in [0.25, 0.3) is 0 Å². The van der Waals surface area contributed by atoms with Crippen molar-refractivity contribution in [1.29, 1.82) is 0 Å². The van der Waals surface area contributed by atoms with Gasteiger partial charge in [-0.05, 0) is 49.4 Å². The first-order valence-electron chi connectivity index (χ1n) is 8.06. The van der Waals surface area contributed by atoms with Crippen molar-refractivity contribution in [2.75, 3.05) is 19.8 Å². The molecule has 0 bridgehead atoms. The van der Waals surface area contributed by atoms with Crippen molar-refractivity contribution in [2.45, 2.75) is 42.8 Å². The average molecular weight is 307 g/mol. The molecule has 2 N–H and O–H groups in total. The minimum absolute atomic E-state index is 0.635. The number of rotatable bonds is 4. The van der Waals surface area contributed by atoms with E-state index in [1.54, 1.807) is 0 Å². The minimum Gasteiger partial charge on any atom is -0.486 e. The highest BCUT2D eigenvalue weighted by Crippen LogP contribution is 2.42. The molecule has 1 aliphatic carbocycles. The van der Waals surface area contributed by atoms with Gasteiger partial charge in [0.2, 0.25) is 0 Å². The number of fused-ring (bicyclic) bond motifs is 1. The van der Waals surface area contributed by atoms with Crippen LogP contribution in [-0.2, 0) is 0 Å². The van der Waals surface area contributed by atoms with E-state index < -0.39 is 0 Å². The highest BCUT2D eigenvalue weighted by atomic mass is 32.2. The third-order valence-corrected chi connectivity index (χ3v) is 6.12. The predicted octanol–water partition coefficient (Wildman–Crippen LogP) is 3.70. The molecule has 1 fully saturated rings. The lowest BCUT2D eigenvalue weighted by atomic mass is 9.80. The zero-order valence-electron chi connectivity index (χ0n) is 12.7. The number of ether oxygens (including phenoxy) is 2. The van der Waals surface area contributed by atoms with Gasteiger partial charge in [-0.15, -0.1) is 11.8 Å². The molecule has 1 heterocycles. The number of hydrogen-bond acceptors (Lipinski definition) is 4. The Balaban J connectivity index is 1.71. The molecular weight excluding hydrogens is 282 g/mol. The maximum atomic E-state index is 5.99. The van der Waals surface area contributed by atoms with E-state index in [-0.39, 0.29) is 0 Å². The van der Waals surface area contributed by atoms with Gasteiger partial charge in [0.1, 0.15) is 13.2 Å². The summed E-state index contributed by atoms with van der Waals surface area (Å²) in [6.07, 6.45) is 5.20. The average Bonchev–Trinajstić information content (AvgIpc) is 2.54. The van der Waals surface area contributed by atoms with Crippen LogP contribution in [0.1, 0.15) is 32.6 Å². The van der Waals surface area contributed by atoms with Crippen LogP contribution in [0.3, 0.4) is 0 Å². The molecule has 4 heteroatoms. The summed E-state index contributed by atoms with van der Waals surface area (Å²) >= 11 is 1.97. The monoisotopic (exact) mass is 307 g/mol. The summed E-state index contributed by atoms with van der Waals surface area (Å²) < 4.78 is 11.3. The van der Waals surface area contributed by atoms with Crippen molar-refractivity contribution in [1.82, 2.24) is 0 Å². The molecule has 1 saturated carbocycles. The Kier molecular flexibility index (Phi) is 4.96. The summed E-state index contributed by atoms with van der Waals surface area (Å²) in [5.41, 5.74) is 5.99. The van der Waals surface area contributed by atoms with E-state index in [2.05, 4.69) is 19.1 Å². The molecule has 21 heavy (non-hydrogen) atoms. The van der Waals surface area contributed by atoms with Gasteiger partial charge in [0, 0.05) is 10.1 Å². The van der Waals surface area contributed by atoms with Crippen molar-refractivity contribution >= 4 is 11.8 Å². The Bertz CT molecular complexity index is 480. The van der Waals surface area contributed by atoms with Crippen LogP contribution >= 0.6 is 11.8 Å². The molecule has 0 saturated heterocycles. The van der Waals surface area contributed by atoms with Gasteiger partial charge < -0.3 is 15.2 Å². The largest absolute Gasteiger partial charge is 0.486 e. The van der Waals surface area contributed by atoms with Gasteiger partial charge in [0.15, 0.2) is 11.5 Å². The SMILES string of the molecule is CCC1CCC(CN)C(Sc2ccc3c(c2)OCCO3)C1. The highest BCUT2D eigenvalue weighted by molar-refractivity contribution is 8.00. The quantitative estimate of drug-likeness (QED) is 0.921. The Labute approximate surface area is 131 Å². The zero-order valence-corrected chi connectivity index (χ0v) is 13.5. The molecule has 1 aromatic rings. The van der Waals surface area contributed by atoms with Crippen LogP contribution in [0.2, 0.25) is 0 Å². The van der Waals surface area contributed by atoms with Crippen LogP contribution in [-0.4, -0.2) is 25.0 Å². The summed E-state index contributed by atoms with van der Waals surface area (Å²) in [5.74, 6) is 3.27. The summed E-state index contributed by atoms with van der Waals surface area (Å²) in [7, 11) is 0. The Morgan fingerprint density at radius 2 is 2.00 bits per heavy atom. The molecule has 2 aliphatic rings. The fourth-order valence-corrected chi connectivity index (χ4v) is 4.81. The normalized spacial score (nSPS) is 28.4. The maximum Gasteiger partial charge on any atom is 0.162 e. The van der Waals surface area contributed by atoms with Gasteiger partial charge >= 0.3 is 0 Å². The van der Waals surface area contributed by atoms with E-state index in [0.29, 0.717) is 24.4 Å². The lowest BCUT2D eigenvalue weighted by Crippen LogP contribution is -2.32. The predicted molar refractivity (Wildman–Crippen MR) is 87.3 cm³/mol. The van der Waals surface area contributed by atoms with Crippen molar-refractivity contribution in [3.8, 4) is 11.5 Å². The molecule has 3 rings (SSSR count). The Morgan fingerprint density at radius 3 is 2.76 bits per heavy atom. The standard InChI is InChI=1S/C17H25NO2S/c1-2-12-3-4-13(11-18)17(9-12)21-14-5-6-15-16(10-14)20-8-7-19-15/h5-6,10,12-13,17H,2-4,7-9,11,18H2,1H3. The van der Waals surface area contributed by atoms with Crippen molar-refractivity contribution in [3.05, 3.63) is 18.2 Å². The number of thioether (sulfide) groups is 1. The molecule has 1 aromatic carbocycles. The van der Waals surface area contributed by atoms with E-state index in [1.807, 2.05) is 17.8 Å². The Hall–Kier alpha value is -0.870. The highest BCUT2D eigenvalue weighted by Gasteiger charge is 2.29. The minimum atomic E-state index is 0.635. The molecule has 0 radical (unpaired) electrons.